The molecule has 2 aromatic carbocycles. The predicted octanol–water partition coefficient (Wildman–Crippen LogP) is 5.43. The monoisotopic (exact) mass is 345 g/mol. The van der Waals surface area contributed by atoms with Crippen molar-refractivity contribution in [1.29, 1.82) is 0 Å². The van der Waals surface area contributed by atoms with Crippen molar-refractivity contribution in [2.75, 3.05) is 10.6 Å². The number of benzene rings is 2. The van der Waals surface area contributed by atoms with Gasteiger partial charge in [0.2, 0.25) is 0 Å². The van der Waals surface area contributed by atoms with Gasteiger partial charge in [-0.15, -0.1) is 0 Å². The number of hydrogen-bond acceptors (Lipinski definition) is 3. The highest BCUT2D eigenvalue weighted by Crippen LogP contribution is 2.13. The lowest BCUT2D eigenvalue weighted by atomic mass is 10.1. The third-order valence-corrected chi connectivity index (χ3v) is 4.54. The van der Waals surface area contributed by atoms with Gasteiger partial charge in [0.05, 0.1) is 24.5 Å². The molecule has 0 saturated heterocycles. The first-order chi connectivity index (χ1) is 12.8. The second kappa shape index (κ2) is 9.04. The van der Waals surface area contributed by atoms with Crippen LogP contribution in [0.1, 0.15) is 36.4 Å². The lowest BCUT2D eigenvalue weighted by Crippen LogP contribution is -2.06. The fraction of sp³-hybridized carbons (Fsp3) is 0.261. The number of rotatable bonds is 8. The van der Waals surface area contributed by atoms with Crippen molar-refractivity contribution in [2.45, 2.75) is 39.8 Å². The van der Waals surface area contributed by atoms with Crippen LogP contribution in [0.5, 0.6) is 0 Å². The Kier molecular flexibility index (Phi) is 6.26. The van der Waals surface area contributed by atoms with E-state index >= 15 is 0 Å². The molecule has 0 aliphatic carbocycles. The number of nitrogens with zero attached hydrogens (tertiary/aromatic N) is 1. The number of aryl methyl sites for hydroxylation is 2. The van der Waals surface area contributed by atoms with Gasteiger partial charge in [-0.2, -0.15) is 0 Å². The summed E-state index contributed by atoms with van der Waals surface area (Å²) in [5, 5.41) is 6.89. The maximum atomic E-state index is 4.75. The Morgan fingerprint density at radius 2 is 1.04 bits per heavy atom. The zero-order chi connectivity index (χ0) is 18.2. The van der Waals surface area contributed by atoms with Gasteiger partial charge in [-0.1, -0.05) is 44.2 Å². The van der Waals surface area contributed by atoms with Crippen LogP contribution < -0.4 is 10.6 Å². The van der Waals surface area contributed by atoms with Crippen LogP contribution in [0.4, 0.5) is 11.4 Å². The Bertz CT molecular complexity index is 741. The Hall–Kier alpha value is -2.81. The standard InChI is InChI=1S/C23H27N3/c1-3-18-8-12-20(13-9-18)24-16-22-6-5-7-23(26-22)17-25-21-14-10-19(4-2)11-15-21/h5-15,24-25H,3-4,16-17H2,1-2H3. The molecule has 0 saturated carbocycles. The molecule has 3 rings (SSSR count). The van der Waals surface area contributed by atoms with Gasteiger partial charge in [0.15, 0.2) is 0 Å². The Labute approximate surface area is 156 Å². The molecule has 0 radical (unpaired) electrons. The third-order valence-electron chi connectivity index (χ3n) is 4.54. The molecule has 134 valence electrons. The molecule has 26 heavy (non-hydrogen) atoms. The Balaban J connectivity index is 1.55. The van der Waals surface area contributed by atoms with Gasteiger partial charge < -0.3 is 10.6 Å². The third kappa shape index (κ3) is 5.09. The minimum Gasteiger partial charge on any atom is -0.379 e. The van der Waals surface area contributed by atoms with Crippen LogP contribution in [0, 0.1) is 0 Å². The highest BCUT2D eigenvalue weighted by molar-refractivity contribution is 5.46. The highest BCUT2D eigenvalue weighted by atomic mass is 14.9. The van der Waals surface area contributed by atoms with Crippen LogP contribution in [-0.4, -0.2) is 4.98 Å². The van der Waals surface area contributed by atoms with Crippen LogP contribution >= 0.6 is 0 Å². The highest BCUT2D eigenvalue weighted by Gasteiger charge is 2.00. The summed E-state index contributed by atoms with van der Waals surface area (Å²) in [7, 11) is 0. The molecule has 0 bridgehead atoms. The molecule has 2 N–H and O–H groups in total. The zero-order valence-electron chi connectivity index (χ0n) is 15.6. The average Bonchev–Trinajstić information content (AvgIpc) is 2.72. The van der Waals surface area contributed by atoms with E-state index in [1.807, 2.05) is 0 Å². The summed E-state index contributed by atoms with van der Waals surface area (Å²) in [5.41, 5.74) is 7.06. The molecular weight excluding hydrogens is 318 g/mol. The quantitative estimate of drug-likeness (QED) is 0.571. The van der Waals surface area contributed by atoms with Crippen LogP contribution in [0.2, 0.25) is 0 Å². The Morgan fingerprint density at radius 3 is 1.42 bits per heavy atom. The van der Waals surface area contributed by atoms with Crippen molar-refractivity contribution in [3.05, 3.63) is 89.2 Å². The zero-order valence-corrected chi connectivity index (χ0v) is 15.6. The molecule has 0 aliphatic heterocycles. The molecular formula is C23H27N3. The van der Waals surface area contributed by atoms with E-state index in [0.29, 0.717) is 0 Å². The lowest BCUT2D eigenvalue weighted by Gasteiger charge is -2.10. The van der Waals surface area contributed by atoms with Crippen molar-refractivity contribution in [3.63, 3.8) is 0 Å². The molecule has 0 fully saturated rings. The number of nitrogens with one attached hydrogen (secondary N) is 2. The molecule has 1 heterocycles. The van der Waals surface area contributed by atoms with Gasteiger partial charge in [-0.3, -0.25) is 4.98 Å². The van der Waals surface area contributed by atoms with Crippen molar-refractivity contribution in [3.8, 4) is 0 Å². The fourth-order valence-electron chi connectivity index (χ4n) is 2.83. The first-order valence-electron chi connectivity index (χ1n) is 9.37. The largest absolute Gasteiger partial charge is 0.379 e. The molecule has 0 amide bonds. The molecule has 3 aromatic rings. The van der Waals surface area contributed by atoms with Crippen LogP contribution in [0.25, 0.3) is 0 Å². The molecule has 3 heteroatoms. The second-order valence-electron chi connectivity index (χ2n) is 6.43. The van der Waals surface area contributed by atoms with Crippen molar-refractivity contribution in [1.82, 2.24) is 4.98 Å². The number of anilines is 2. The maximum absolute atomic E-state index is 4.75. The van der Waals surface area contributed by atoms with E-state index in [1.54, 1.807) is 0 Å². The van der Waals surface area contributed by atoms with E-state index in [-0.39, 0.29) is 0 Å². The van der Waals surface area contributed by atoms with E-state index in [4.69, 9.17) is 4.98 Å². The van der Waals surface area contributed by atoms with Crippen LogP contribution in [0.15, 0.2) is 66.7 Å². The molecule has 0 atom stereocenters. The van der Waals surface area contributed by atoms with Crippen molar-refractivity contribution < 1.29 is 0 Å². The van der Waals surface area contributed by atoms with E-state index < -0.39 is 0 Å². The number of hydrogen-bond donors (Lipinski definition) is 2. The average molecular weight is 345 g/mol. The predicted molar refractivity (Wildman–Crippen MR) is 111 cm³/mol. The second-order valence-corrected chi connectivity index (χ2v) is 6.43. The summed E-state index contributed by atoms with van der Waals surface area (Å²) in [6.45, 7) is 5.79. The molecule has 0 spiro atoms. The first kappa shape index (κ1) is 18.0. The minimum atomic E-state index is 0.727. The summed E-state index contributed by atoms with van der Waals surface area (Å²) in [6.07, 6.45) is 2.14. The summed E-state index contributed by atoms with van der Waals surface area (Å²) < 4.78 is 0. The first-order valence-corrected chi connectivity index (χ1v) is 9.37. The van der Waals surface area contributed by atoms with Gasteiger partial charge >= 0.3 is 0 Å². The van der Waals surface area contributed by atoms with E-state index in [2.05, 4.69) is 91.2 Å². The Morgan fingerprint density at radius 1 is 0.615 bits per heavy atom. The van der Waals surface area contributed by atoms with Crippen molar-refractivity contribution >= 4 is 11.4 Å². The maximum Gasteiger partial charge on any atom is 0.0598 e. The lowest BCUT2D eigenvalue weighted by molar-refractivity contribution is 0.965. The topological polar surface area (TPSA) is 37.0 Å². The summed E-state index contributed by atoms with van der Waals surface area (Å²) >= 11 is 0. The van der Waals surface area contributed by atoms with E-state index in [9.17, 15) is 0 Å². The van der Waals surface area contributed by atoms with Crippen LogP contribution in [0.3, 0.4) is 0 Å². The van der Waals surface area contributed by atoms with Gasteiger partial charge in [0.1, 0.15) is 0 Å². The number of pyridine rings is 1. The normalized spacial score (nSPS) is 10.5. The summed E-state index contributed by atoms with van der Waals surface area (Å²) in [5.74, 6) is 0. The minimum absolute atomic E-state index is 0.727. The van der Waals surface area contributed by atoms with E-state index in [1.165, 1.54) is 11.1 Å². The molecule has 0 unspecified atom stereocenters. The summed E-state index contributed by atoms with van der Waals surface area (Å²) in [6, 6.07) is 23.4. The smallest absolute Gasteiger partial charge is 0.0598 e. The molecule has 3 nitrogen and oxygen atoms in total. The molecule has 0 aliphatic rings. The SMILES string of the molecule is CCc1ccc(NCc2cccc(CNc3ccc(CC)cc3)n2)cc1. The van der Waals surface area contributed by atoms with Crippen LogP contribution in [-0.2, 0) is 25.9 Å². The van der Waals surface area contributed by atoms with Gasteiger partial charge in [-0.25, -0.2) is 0 Å². The van der Waals surface area contributed by atoms with E-state index in [0.717, 1.165) is 48.7 Å². The fourth-order valence-corrected chi connectivity index (χ4v) is 2.83. The van der Waals surface area contributed by atoms with Crippen molar-refractivity contribution in [2.24, 2.45) is 0 Å². The van der Waals surface area contributed by atoms with Gasteiger partial charge in [0, 0.05) is 11.4 Å². The molecule has 1 aromatic heterocycles. The van der Waals surface area contributed by atoms with Gasteiger partial charge in [0.25, 0.3) is 0 Å². The summed E-state index contributed by atoms with van der Waals surface area (Å²) in [4.78, 5) is 4.75. The number of aromatic nitrogens is 1. The van der Waals surface area contributed by atoms with Gasteiger partial charge in [-0.05, 0) is 60.4 Å².